The molecule has 0 aromatic carbocycles. The van der Waals surface area contributed by atoms with Crippen LogP contribution >= 0.6 is 0 Å². The van der Waals surface area contributed by atoms with Crippen LogP contribution in [-0.4, -0.2) is 43.1 Å². The number of carbonyl (C=O) groups is 1. The summed E-state index contributed by atoms with van der Waals surface area (Å²) in [7, 11) is 0. The SMILES string of the molecule is Cc1cnn(C[C@H]2CCCN2C(=O)Cc2c(C)nc(C)[nH]c2=O)c1. The minimum Gasteiger partial charge on any atom is -0.338 e. The molecule has 1 atom stereocenters. The van der Waals surface area contributed by atoms with Gasteiger partial charge in [-0.25, -0.2) is 4.98 Å². The van der Waals surface area contributed by atoms with E-state index in [1.165, 1.54) is 0 Å². The maximum Gasteiger partial charge on any atom is 0.254 e. The molecule has 1 fully saturated rings. The Kier molecular flexibility index (Phi) is 4.51. The monoisotopic (exact) mass is 329 g/mol. The summed E-state index contributed by atoms with van der Waals surface area (Å²) in [5.41, 5.74) is 1.99. The molecule has 0 spiro atoms. The van der Waals surface area contributed by atoms with Crippen LogP contribution in [0.1, 0.15) is 35.5 Å². The number of likely N-dealkylation sites (tertiary alicyclic amines) is 1. The molecule has 0 radical (unpaired) electrons. The molecule has 24 heavy (non-hydrogen) atoms. The number of hydrogen-bond acceptors (Lipinski definition) is 4. The maximum atomic E-state index is 12.7. The maximum absolute atomic E-state index is 12.7. The number of rotatable bonds is 4. The van der Waals surface area contributed by atoms with Gasteiger partial charge in [-0.1, -0.05) is 0 Å². The quantitative estimate of drug-likeness (QED) is 0.911. The predicted octanol–water partition coefficient (Wildman–Crippen LogP) is 1.13. The van der Waals surface area contributed by atoms with Crippen LogP contribution in [0.3, 0.4) is 0 Å². The van der Waals surface area contributed by atoms with Crippen molar-refractivity contribution >= 4 is 5.91 Å². The highest BCUT2D eigenvalue weighted by Crippen LogP contribution is 2.20. The third-order valence-corrected chi connectivity index (χ3v) is 4.53. The Morgan fingerprint density at radius 1 is 1.38 bits per heavy atom. The summed E-state index contributed by atoms with van der Waals surface area (Å²) in [6.45, 7) is 6.95. The van der Waals surface area contributed by atoms with E-state index in [0.717, 1.165) is 24.9 Å². The Balaban J connectivity index is 1.73. The first kappa shape index (κ1) is 16.4. The number of amides is 1. The lowest BCUT2D eigenvalue weighted by atomic mass is 10.1. The topological polar surface area (TPSA) is 83.9 Å². The molecule has 0 aliphatic carbocycles. The minimum absolute atomic E-state index is 0.0133. The van der Waals surface area contributed by atoms with Crippen molar-refractivity contribution in [3.05, 3.63) is 45.4 Å². The molecule has 2 aromatic rings. The first-order valence-corrected chi connectivity index (χ1v) is 8.29. The second-order valence-corrected chi connectivity index (χ2v) is 6.51. The molecule has 1 saturated heterocycles. The van der Waals surface area contributed by atoms with Crippen molar-refractivity contribution in [2.75, 3.05) is 6.54 Å². The van der Waals surface area contributed by atoms with Crippen LogP contribution in [0.5, 0.6) is 0 Å². The zero-order valence-electron chi connectivity index (χ0n) is 14.4. The van der Waals surface area contributed by atoms with Gasteiger partial charge in [0.1, 0.15) is 5.82 Å². The summed E-state index contributed by atoms with van der Waals surface area (Å²) in [6, 6.07) is 0.134. The molecule has 0 saturated carbocycles. The van der Waals surface area contributed by atoms with Gasteiger partial charge in [-0.15, -0.1) is 0 Å². The molecular formula is C17H23N5O2. The number of nitrogens with one attached hydrogen (secondary N) is 1. The number of aryl methyl sites for hydroxylation is 3. The third kappa shape index (κ3) is 3.39. The lowest BCUT2D eigenvalue weighted by Gasteiger charge is -2.25. The summed E-state index contributed by atoms with van der Waals surface area (Å²) in [6.07, 6.45) is 5.86. The highest BCUT2D eigenvalue weighted by atomic mass is 16.2. The fourth-order valence-corrected chi connectivity index (χ4v) is 3.35. The van der Waals surface area contributed by atoms with Crippen molar-refractivity contribution in [3.8, 4) is 0 Å². The van der Waals surface area contributed by atoms with Gasteiger partial charge in [-0.2, -0.15) is 5.10 Å². The first-order chi connectivity index (χ1) is 11.4. The molecule has 2 aromatic heterocycles. The second-order valence-electron chi connectivity index (χ2n) is 6.51. The van der Waals surface area contributed by atoms with Gasteiger partial charge in [0.05, 0.1) is 25.2 Å². The normalized spacial score (nSPS) is 17.5. The van der Waals surface area contributed by atoms with E-state index in [1.807, 2.05) is 28.9 Å². The molecule has 3 rings (SSSR count). The van der Waals surface area contributed by atoms with Crippen LogP contribution in [0.25, 0.3) is 0 Å². The van der Waals surface area contributed by atoms with E-state index in [2.05, 4.69) is 15.1 Å². The molecular weight excluding hydrogens is 306 g/mol. The van der Waals surface area contributed by atoms with Gasteiger partial charge >= 0.3 is 0 Å². The lowest BCUT2D eigenvalue weighted by Crippen LogP contribution is -2.40. The fraction of sp³-hybridized carbons (Fsp3) is 0.529. The average molecular weight is 329 g/mol. The van der Waals surface area contributed by atoms with Gasteiger partial charge in [-0.3, -0.25) is 14.3 Å². The third-order valence-electron chi connectivity index (χ3n) is 4.53. The smallest absolute Gasteiger partial charge is 0.254 e. The summed E-state index contributed by atoms with van der Waals surface area (Å²) in [5.74, 6) is 0.558. The van der Waals surface area contributed by atoms with Gasteiger partial charge in [0.25, 0.3) is 5.56 Å². The Hall–Kier alpha value is -2.44. The molecule has 1 N–H and O–H groups in total. The van der Waals surface area contributed by atoms with Crippen LogP contribution in [0.2, 0.25) is 0 Å². The minimum atomic E-state index is -0.216. The Labute approximate surface area is 140 Å². The Morgan fingerprint density at radius 2 is 2.17 bits per heavy atom. The average Bonchev–Trinajstić information content (AvgIpc) is 3.12. The van der Waals surface area contributed by atoms with Crippen molar-refractivity contribution in [1.82, 2.24) is 24.6 Å². The molecule has 0 bridgehead atoms. The molecule has 1 aliphatic rings. The fourth-order valence-electron chi connectivity index (χ4n) is 3.35. The van der Waals surface area contributed by atoms with Crippen LogP contribution in [0, 0.1) is 20.8 Å². The van der Waals surface area contributed by atoms with Gasteiger partial charge < -0.3 is 9.88 Å². The van der Waals surface area contributed by atoms with E-state index < -0.39 is 0 Å². The van der Waals surface area contributed by atoms with Crippen LogP contribution < -0.4 is 5.56 Å². The van der Waals surface area contributed by atoms with Gasteiger partial charge in [0.2, 0.25) is 5.91 Å². The molecule has 3 heterocycles. The molecule has 0 unspecified atom stereocenters. The van der Waals surface area contributed by atoms with Crippen molar-refractivity contribution < 1.29 is 4.79 Å². The van der Waals surface area contributed by atoms with Crippen LogP contribution in [-0.2, 0) is 17.8 Å². The van der Waals surface area contributed by atoms with E-state index in [9.17, 15) is 9.59 Å². The lowest BCUT2D eigenvalue weighted by molar-refractivity contribution is -0.131. The summed E-state index contributed by atoms with van der Waals surface area (Å²) < 4.78 is 1.89. The number of carbonyl (C=O) groups excluding carboxylic acids is 1. The van der Waals surface area contributed by atoms with Crippen molar-refractivity contribution in [1.29, 1.82) is 0 Å². The van der Waals surface area contributed by atoms with Crippen molar-refractivity contribution in [2.45, 2.75) is 52.6 Å². The van der Waals surface area contributed by atoms with Crippen molar-refractivity contribution in [2.24, 2.45) is 0 Å². The molecule has 1 amide bonds. The van der Waals surface area contributed by atoms with Gasteiger partial charge in [0, 0.05) is 24.0 Å². The summed E-state index contributed by atoms with van der Waals surface area (Å²) >= 11 is 0. The predicted molar refractivity (Wildman–Crippen MR) is 89.7 cm³/mol. The second kappa shape index (κ2) is 6.59. The van der Waals surface area contributed by atoms with E-state index in [0.29, 0.717) is 23.6 Å². The van der Waals surface area contributed by atoms with Gasteiger partial charge in [0.15, 0.2) is 0 Å². The van der Waals surface area contributed by atoms with E-state index >= 15 is 0 Å². The number of aromatic amines is 1. The zero-order valence-corrected chi connectivity index (χ0v) is 14.4. The van der Waals surface area contributed by atoms with E-state index in [1.54, 1.807) is 13.8 Å². The molecule has 1 aliphatic heterocycles. The van der Waals surface area contributed by atoms with Crippen LogP contribution in [0.4, 0.5) is 0 Å². The van der Waals surface area contributed by atoms with E-state index in [4.69, 9.17) is 0 Å². The van der Waals surface area contributed by atoms with E-state index in [-0.39, 0.29) is 23.9 Å². The van der Waals surface area contributed by atoms with Crippen LogP contribution in [0.15, 0.2) is 17.2 Å². The Morgan fingerprint density at radius 3 is 2.83 bits per heavy atom. The number of aromatic nitrogens is 4. The molecule has 128 valence electrons. The molecule has 7 heteroatoms. The number of hydrogen-bond donors (Lipinski definition) is 1. The number of H-pyrrole nitrogens is 1. The molecule has 7 nitrogen and oxygen atoms in total. The highest BCUT2D eigenvalue weighted by Gasteiger charge is 2.29. The largest absolute Gasteiger partial charge is 0.338 e. The summed E-state index contributed by atoms with van der Waals surface area (Å²) in [4.78, 5) is 33.7. The highest BCUT2D eigenvalue weighted by molar-refractivity contribution is 5.79. The standard InChI is InChI=1S/C17H23N5O2/c1-11-8-18-21(9-11)10-14-5-4-6-22(14)16(23)7-15-12(2)19-13(3)20-17(15)24/h8-9,14H,4-7,10H2,1-3H3,(H,19,20,24)/t14-/m1/s1. The Bertz CT molecular complexity index is 808. The van der Waals surface area contributed by atoms with Gasteiger partial charge in [-0.05, 0) is 39.2 Å². The number of nitrogens with zero attached hydrogens (tertiary/aromatic N) is 4. The van der Waals surface area contributed by atoms with Crippen molar-refractivity contribution in [3.63, 3.8) is 0 Å². The zero-order chi connectivity index (χ0) is 17.3. The summed E-state index contributed by atoms with van der Waals surface area (Å²) in [5, 5.41) is 4.31. The first-order valence-electron chi connectivity index (χ1n) is 8.29.